The molecule has 12 aromatic carbocycles. The van der Waals surface area contributed by atoms with Crippen molar-refractivity contribution in [1.29, 1.82) is 0 Å². The number of aromatic nitrogens is 3. The van der Waals surface area contributed by atoms with Crippen LogP contribution in [0.15, 0.2) is 268 Å². The Bertz CT molecular complexity index is 5000. The zero-order valence-electron chi connectivity index (χ0n) is 42.4. The van der Waals surface area contributed by atoms with E-state index in [0.29, 0.717) is 0 Å². The molecule has 0 spiro atoms. The third kappa shape index (κ3) is 6.12. The van der Waals surface area contributed by atoms with E-state index in [9.17, 15) is 0 Å². The van der Waals surface area contributed by atoms with E-state index in [4.69, 9.17) is 13.3 Å². The molecule has 0 fully saturated rings. The molecule has 6 aromatic heterocycles. The normalized spacial score (nSPS) is 12.3. The van der Waals surface area contributed by atoms with E-state index >= 15 is 0 Å². The van der Waals surface area contributed by atoms with Crippen molar-refractivity contribution in [3.8, 4) is 17.1 Å². The Labute approximate surface area is 450 Å². The molecular weight excluding hydrogens is 966 g/mol. The van der Waals surface area contributed by atoms with Gasteiger partial charge in [0, 0.05) is 81.7 Å². The molecule has 0 radical (unpaired) electrons. The predicted molar refractivity (Wildman–Crippen MR) is 329 cm³/mol. The van der Waals surface area contributed by atoms with Crippen LogP contribution in [0, 0.1) is 0 Å². The first kappa shape index (κ1) is 42.7. The summed E-state index contributed by atoms with van der Waals surface area (Å²) < 4.78 is 26.5. The van der Waals surface area contributed by atoms with E-state index in [1.165, 1.54) is 48.7 Å². The SMILES string of the molecule is c1ccc2c(c1)oc1cc3c4ccccc4n(-c4ccc(B(c5ccc(-n6c7ccccc7c7cc8oc9ccccc9c8cc76)cc5)c5ccc(-n6c7ccccc7c7cc8oc9ccccc9c8cc76)cc5)cc4)c3cc12. The number of nitrogens with zero attached hydrogens (tertiary/aromatic N) is 3. The molecule has 0 atom stereocenters. The van der Waals surface area contributed by atoms with Crippen LogP contribution in [0.3, 0.4) is 0 Å². The van der Waals surface area contributed by atoms with Crippen LogP contribution in [0.1, 0.15) is 0 Å². The standard InChI is InChI=1S/C72H42BN3O3/c1-7-19-61-49(13-1)55-40-70-58(52-16-4-10-22-67(52)77-70)37-64(55)74(61)46-31-25-43(26-32-46)73(44-27-33-47(34-28-44)75-62-20-8-2-14-50(62)56-41-71-59(38-65(56)75)53-17-5-11-23-68(53)78-71)45-29-35-48(36-30-45)76-63-21-9-3-15-51(63)57-42-72-60(39-66(57)76)54-18-6-12-24-69(54)79-72/h1-42H. The average Bonchev–Trinajstić information content (AvgIpc) is 4.54. The Morgan fingerprint density at radius 3 is 0.772 bits per heavy atom. The number of furan rings is 3. The topological polar surface area (TPSA) is 54.2 Å². The van der Waals surface area contributed by atoms with Crippen molar-refractivity contribution >= 4 is 154 Å². The first-order chi connectivity index (χ1) is 39.1. The molecule has 6 heterocycles. The van der Waals surface area contributed by atoms with Gasteiger partial charge in [-0.2, -0.15) is 0 Å². The zero-order chi connectivity index (χ0) is 51.4. The number of rotatable bonds is 6. The molecule has 366 valence electrons. The molecule has 0 saturated carbocycles. The van der Waals surface area contributed by atoms with Gasteiger partial charge < -0.3 is 27.0 Å². The van der Waals surface area contributed by atoms with Crippen molar-refractivity contribution in [3.05, 3.63) is 255 Å². The van der Waals surface area contributed by atoms with E-state index in [1.54, 1.807) is 0 Å². The van der Waals surface area contributed by atoms with E-state index in [0.717, 1.165) is 116 Å². The maximum Gasteiger partial charge on any atom is 0.241 e. The lowest BCUT2D eigenvalue weighted by Crippen LogP contribution is -2.52. The number of para-hydroxylation sites is 6. The number of hydrogen-bond donors (Lipinski definition) is 0. The van der Waals surface area contributed by atoms with E-state index in [-0.39, 0.29) is 6.71 Å². The molecule has 0 saturated heterocycles. The summed E-state index contributed by atoms with van der Waals surface area (Å²) in [4.78, 5) is 0. The number of hydrogen-bond acceptors (Lipinski definition) is 3. The van der Waals surface area contributed by atoms with Gasteiger partial charge in [-0.05, 0) is 109 Å². The van der Waals surface area contributed by atoms with Crippen LogP contribution in [0.4, 0.5) is 0 Å². The Kier molecular flexibility index (Phi) is 8.66. The first-order valence-corrected chi connectivity index (χ1v) is 27.0. The van der Waals surface area contributed by atoms with Crippen LogP contribution < -0.4 is 16.4 Å². The van der Waals surface area contributed by atoms with Gasteiger partial charge in [-0.25, -0.2) is 0 Å². The largest absolute Gasteiger partial charge is 0.456 e. The van der Waals surface area contributed by atoms with Crippen molar-refractivity contribution in [2.24, 2.45) is 0 Å². The second-order valence-electron chi connectivity index (χ2n) is 21.2. The number of fused-ring (bicyclic) bond motifs is 18. The Morgan fingerprint density at radius 2 is 0.468 bits per heavy atom. The monoisotopic (exact) mass is 1010 g/mol. The summed E-state index contributed by atoms with van der Waals surface area (Å²) in [5.74, 6) is 0. The minimum Gasteiger partial charge on any atom is -0.456 e. The van der Waals surface area contributed by atoms with Gasteiger partial charge in [0.2, 0.25) is 6.71 Å². The van der Waals surface area contributed by atoms with Crippen LogP contribution in [0.25, 0.3) is 148 Å². The van der Waals surface area contributed by atoms with Crippen LogP contribution in [0.2, 0.25) is 0 Å². The van der Waals surface area contributed by atoms with Crippen LogP contribution in [-0.4, -0.2) is 20.4 Å². The van der Waals surface area contributed by atoms with Crippen molar-refractivity contribution in [3.63, 3.8) is 0 Å². The highest BCUT2D eigenvalue weighted by molar-refractivity contribution is 6.95. The van der Waals surface area contributed by atoms with Gasteiger partial charge in [-0.3, -0.25) is 0 Å². The van der Waals surface area contributed by atoms with Gasteiger partial charge in [-0.15, -0.1) is 0 Å². The van der Waals surface area contributed by atoms with Crippen molar-refractivity contribution < 1.29 is 13.3 Å². The molecule has 18 aromatic rings. The van der Waals surface area contributed by atoms with Crippen LogP contribution in [-0.2, 0) is 0 Å². The lowest BCUT2D eigenvalue weighted by atomic mass is 9.37. The lowest BCUT2D eigenvalue weighted by molar-refractivity contribution is 0.669. The summed E-state index contributed by atoms with van der Waals surface area (Å²) in [7, 11) is 0. The lowest BCUT2D eigenvalue weighted by Gasteiger charge is -2.18. The average molecular weight is 1010 g/mol. The number of benzene rings is 12. The Balaban J connectivity index is 0.802. The van der Waals surface area contributed by atoms with Gasteiger partial charge in [-0.1, -0.05) is 162 Å². The third-order valence-corrected chi connectivity index (χ3v) is 17.0. The molecular formula is C72H42BN3O3. The zero-order valence-corrected chi connectivity index (χ0v) is 42.4. The molecule has 0 amide bonds. The smallest absolute Gasteiger partial charge is 0.241 e. The van der Waals surface area contributed by atoms with Gasteiger partial charge >= 0.3 is 0 Å². The van der Waals surface area contributed by atoms with Gasteiger partial charge in [0.25, 0.3) is 0 Å². The second kappa shape index (κ2) is 16.0. The summed E-state index contributed by atoms with van der Waals surface area (Å²) in [6, 6.07) is 92.4. The highest BCUT2D eigenvalue weighted by atomic mass is 16.3. The maximum absolute atomic E-state index is 6.42. The molecule has 7 heteroatoms. The van der Waals surface area contributed by atoms with Crippen LogP contribution in [0.5, 0.6) is 0 Å². The van der Waals surface area contributed by atoms with Crippen LogP contribution >= 0.6 is 0 Å². The third-order valence-electron chi connectivity index (χ3n) is 17.0. The van der Waals surface area contributed by atoms with Crippen molar-refractivity contribution in [2.75, 3.05) is 0 Å². The first-order valence-electron chi connectivity index (χ1n) is 27.0. The molecule has 0 N–H and O–H groups in total. The summed E-state index contributed by atoms with van der Waals surface area (Å²) >= 11 is 0. The maximum atomic E-state index is 6.42. The molecule has 0 aliphatic carbocycles. The van der Waals surface area contributed by atoms with E-state index in [1.807, 2.05) is 18.2 Å². The van der Waals surface area contributed by atoms with Gasteiger partial charge in [0.15, 0.2) is 0 Å². The fraction of sp³-hybridized carbons (Fsp3) is 0. The molecule has 79 heavy (non-hydrogen) atoms. The molecule has 0 bridgehead atoms. The van der Waals surface area contributed by atoms with Crippen molar-refractivity contribution in [1.82, 2.24) is 13.7 Å². The summed E-state index contributed by atoms with van der Waals surface area (Å²) in [6.07, 6.45) is 0. The minimum absolute atomic E-state index is 0.0858. The highest BCUT2D eigenvalue weighted by Gasteiger charge is 2.25. The molecule has 0 unspecified atom stereocenters. The van der Waals surface area contributed by atoms with Crippen molar-refractivity contribution in [2.45, 2.75) is 0 Å². The van der Waals surface area contributed by atoms with E-state index in [2.05, 4.69) is 250 Å². The fourth-order valence-electron chi connectivity index (χ4n) is 13.4. The fourth-order valence-corrected chi connectivity index (χ4v) is 13.4. The molecule has 18 rings (SSSR count). The van der Waals surface area contributed by atoms with Gasteiger partial charge in [0.1, 0.15) is 33.5 Å². The molecule has 0 aliphatic heterocycles. The van der Waals surface area contributed by atoms with Gasteiger partial charge in [0.05, 0.1) is 33.1 Å². The summed E-state index contributed by atoms with van der Waals surface area (Å²) in [6.45, 7) is -0.0858. The summed E-state index contributed by atoms with van der Waals surface area (Å²) in [5.41, 5.74) is 19.2. The molecule has 0 aliphatic rings. The highest BCUT2D eigenvalue weighted by Crippen LogP contribution is 2.42. The second-order valence-corrected chi connectivity index (χ2v) is 21.2. The minimum atomic E-state index is -0.0858. The Hall–Kier alpha value is -10.5. The van der Waals surface area contributed by atoms with E-state index < -0.39 is 0 Å². The molecule has 6 nitrogen and oxygen atoms in total. The summed E-state index contributed by atoms with van der Waals surface area (Å²) in [5, 5.41) is 13.8. The Morgan fingerprint density at radius 1 is 0.203 bits per heavy atom. The predicted octanol–water partition coefficient (Wildman–Crippen LogP) is 17.2. The quantitative estimate of drug-likeness (QED) is 0.156.